The number of amides is 1. The predicted molar refractivity (Wildman–Crippen MR) is 140 cm³/mol. The van der Waals surface area contributed by atoms with Gasteiger partial charge in [-0.25, -0.2) is 13.2 Å². The van der Waals surface area contributed by atoms with E-state index in [0.29, 0.717) is 10.6 Å². The van der Waals surface area contributed by atoms with E-state index < -0.39 is 21.9 Å². The van der Waals surface area contributed by atoms with Crippen molar-refractivity contribution in [3.05, 3.63) is 95.3 Å². The van der Waals surface area contributed by atoms with Gasteiger partial charge in [0.25, 0.3) is 5.91 Å². The number of carboxylic acid groups (broad SMARTS) is 1. The Bertz CT molecular complexity index is 1620. The minimum absolute atomic E-state index is 0.0646. The number of hydrogen-bond acceptors (Lipinski definition) is 5. The Morgan fingerprint density at radius 1 is 0.784 bits per heavy atom. The van der Waals surface area contributed by atoms with E-state index in [1.807, 2.05) is 0 Å². The van der Waals surface area contributed by atoms with Crippen LogP contribution < -0.4 is 0 Å². The van der Waals surface area contributed by atoms with Crippen molar-refractivity contribution in [2.24, 2.45) is 0 Å². The van der Waals surface area contributed by atoms with Gasteiger partial charge in [-0.05, 0) is 70.4 Å². The average Bonchev–Trinajstić information content (AvgIpc) is 2.92. The number of rotatable bonds is 5. The Morgan fingerprint density at radius 3 is 2.16 bits per heavy atom. The molecule has 0 unspecified atom stereocenters. The summed E-state index contributed by atoms with van der Waals surface area (Å²) in [7, 11) is -3.77. The number of carbonyl (C=O) groups is 2. The quantitative estimate of drug-likeness (QED) is 0.406. The van der Waals surface area contributed by atoms with Gasteiger partial charge in [0, 0.05) is 43.6 Å². The van der Waals surface area contributed by atoms with Crippen molar-refractivity contribution in [3.8, 4) is 11.1 Å². The van der Waals surface area contributed by atoms with Crippen LogP contribution in [0.25, 0.3) is 21.9 Å². The smallest absolute Gasteiger partial charge is 0.336 e. The van der Waals surface area contributed by atoms with Crippen LogP contribution in [0.4, 0.5) is 0 Å². The summed E-state index contributed by atoms with van der Waals surface area (Å²) in [4.78, 5) is 30.8. The molecule has 1 aliphatic rings. The summed E-state index contributed by atoms with van der Waals surface area (Å²) in [6.07, 6.45) is 3.21. The van der Waals surface area contributed by atoms with Gasteiger partial charge in [-0.3, -0.25) is 9.78 Å². The van der Waals surface area contributed by atoms with E-state index in [-0.39, 0.29) is 42.2 Å². The number of carbonyl (C=O) groups excluding carboxylic acids is 1. The lowest BCUT2D eigenvalue weighted by Crippen LogP contribution is -2.50. The summed E-state index contributed by atoms with van der Waals surface area (Å²) in [6.45, 7) is 0.493. The molecule has 0 radical (unpaired) electrons. The van der Waals surface area contributed by atoms with Crippen LogP contribution in [0, 0.1) is 0 Å². The molecule has 1 aromatic heterocycles. The van der Waals surface area contributed by atoms with Crippen LogP contribution in [0.1, 0.15) is 20.7 Å². The van der Waals surface area contributed by atoms with Crippen LogP contribution >= 0.6 is 11.6 Å². The van der Waals surface area contributed by atoms with Gasteiger partial charge in [0.1, 0.15) is 0 Å². The summed E-state index contributed by atoms with van der Waals surface area (Å²) in [5, 5.41) is 11.9. The van der Waals surface area contributed by atoms with Gasteiger partial charge in [-0.15, -0.1) is 0 Å². The number of hydrogen-bond donors (Lipinski definition) is 1. The highest BCUT2D eigenvalue weighted by Crippen LogP contribution is 2.27. The molecule has 1 amide bonds. The first-order valence-electron chi connectivity index (χ1n) is 11.5. The molecule has 0 aliphatic carbocycles. The molecule has 4 aromatic rings. The first kappa shape index (κ1) is 24.9. The SMILES string of the molecule is O=C(O)c1cc(-c2ccncc2)ccc1C(=O)N1CCN(S(=O)(=O)c2ccc3cc(Cl)ccc3c2)CC1. The molecular weight excluding hydrogens is 514 g/mol. The number of fused-ring (bicyclic) bond motifs is 1. The number of aromatic carboxylic acids is 1. The van der Waals surface area contributed by atoms with Crippen LogP contribution in [0.15, 0.2) is 84.0 Å². The molecule has 2 heterocycles. The maximum absolute atomic E-state index is 13.3. The van der Waals surface area contributed by atoms with E-state index in [0.717, 1.165) is 16.3 Å². The molecule has 8 nitrogen and oxygen atoms in total. The summed E-state index contributed by atoms with van der Waals surface area (Å²) >= 11 is 6.02. The fourth-order valence-corrected chi connectivity index (χ4v) is 6.08. The van der Waals surface area contributed by atoms with Gasteiger partial charge < -0.3 is 10.0 Å². The highest BCUT2D eigenvalue weighted by Gasteiger charge is 2.32. The molecule has 1 aliphatic heterocycles. The maximum atomic E-state index is 13.3. The van der Waals surface area contributed by atoms with E-state index in [2.05, 4.69) is 4.98 Å². The Hall–Kier alpha value is -3.79. The second kappa shape index (κ2) is 9.93. The number of piperazine rings is 1. The van der Waals surface area contributed by atoms with Crippen molar-refractivity contribution >= 4 is 44.3 Å². The van der Waals surface area contributed by atoms with E-state index in [9.17, 15) is 23.1 Å². The van der Waals surface area contributed by atoms with Crippen LogP contribution in [0.5, 0.6) is 0 Å². The van der Waals surface area contributed by atoms with Crippen LogP contribution in [-0.4, -0.2) is 65.8 Å². The lowest BCUT2D eigenvalue weighted by molar-refractivity contribution is 0.0656. The molecule has 0 atom stereocenters. The standard InChI is InChI=1S/C27H22ClN3O5S/c28-22-4-1-20-16-23(5-2-19(20)15-22)37(35,36)31-13-11-30(12-14-31)26(32)24-6-3-21(17-25(24)27(33)34)18-7-9-29-10-8-18/h1-10,15-17H,11-14H2,(H,33,34). The predicted octanol–water partition coefficient (Wildman–Crippen LogP) is 4.40. The molecule has 1 N–H and O–H groups in total. The molecule has 3 aromatic carbocycles. The highest BCUT2D eigenvalue weighted by molar-refractivity contribution is 7.89. The second-order valence-corrected chi connectivity index (χ2v) is 11.0. The van der Waals surface area contributed by atoms with E-state index in [1.165, 1.54) is 21.3 Å². The molecule has 1 fully saturated rings. The van der Waals surface area contributed by atoms with Crippen LogP contribution in [0.2, 0.25) is 5.02 Å². The Morgan fingerprint density at radius 2 is 1.46 bits per heavy atom. The number of aromatic nitrogens is 1. The van der Waals surface area contributed by atoms with Gasteiger partial charge in [0.05, 0.1) is 16.0 Å². The largest absolute Gasteiger partial charge is 0.478 e. The summed E-state index contributed by atoms with van der Waals surface area (Å²) in [6, 6.07) is 18.3. The zero-order valence-corrected chi connectivity index (χ0v) is 21.1. The molecule has 10 heteroatoms. The van der Waals surface area contributed by atoms with Crippen LogP contribution in [-0.2, 0) is 10.0 Å². The van der Waals surface area contributed by atoms with Crippen molar-refractivity contribution in [1.29, 1.82) is 0 Å². The molecule has 188 valence electrons. The third-order valence-corrected chi connectivity index (χ3v) is 8.56. The summed E-state index contributed by atoms with van der Waals surface area (Å²) in [5.74, 6) is -1.66. The lowest BCUT2D eigenvalue weighted by Gasteiger charge is -2.34. The van der Waals surface area contributed by atoms with Crippen molar-refractivity contribution in [2.45, 2.75) is 4.90 Å². The van der Waals surface area contributed by atoms with E-state index in [4.69, 9.17) is 11.6 Å². The minimum Gasteiger partial charge on any atom is -0.478 e. The average molecular weight is 536 g/mol. The molecule has 37 heavy (non-hydrogen) atoms. The van der Waals surface area contributed by atoms with Gasteiger partial charge >= 0.3 is 5.97 Å². The Kier molecular flexibility index (Phi) is 6.68. The summed E-state index contributed by atoms with van der Waals surface area (Å²) < 4.78 is 27.9. The number of benzene rings is 3. The van der Waals surface area contributed by atoms with Crippen molar-refractivity contribution < 1.29 is 23.1 Å². The third kappa shape index (κ3) is 4.93. The van der Waals surface area contributed by atoms with E-state index >= 15 is 0 Å². The fraction of sp³-hybridized carbons (Fsp3) is 0.148. The maximum Gasteiger partial charge on any atom is 0.336 e. The third-order valence-electron chi connectivity index (χ3n) is 6.43. The van der Waals surface area contributed by atoms with Gasteiger partial charge in [0.15, 0.2) is 0 Å². The molecule has 5 rings (SSSR count). The van der Waals surface area contributed by atoms with Crippen molar-refractivity contribution in [2.75, 3.05) is 26.2 Å². The van der Waals surface area contributed by atoms with Crippen LogP contribution in [0.3, 0.4) is 0 Å². The molecule has 0 saturated carbocycles. The molecule has 0 spiro atoms. The van der Waals surface area contributed by atoms with Crippen molar-refractivity contribution in [3.63, 3.8) is 0 Å². The number of pyridine rings is 1. The minimum atomic E-state index is -3.77. The van der Waals surface area contributed by atoms with Crippen molar-refractivity contribution in [1.82, 2.24) is 14.2 Å². The zero-order chi connectivity index (χ0) is 26.2. The second-order valence-electron chi connectivity index (χ2n) is 8.65. The summed E-state index contributed by atoms with van der Waals surface area (Å²) in [5.41, 5.74) is 1.40. The first-order chi connectivity index (χ1) is 17.7. The first-order valence-corrected chi connectivity index (χ1v) is 13.3. The number of carboxylic acids is 1. The normalized spacial score (nSPS) is 14.6. The van der Waals surface area contributed by atoms with Gasteiger partial charge in [-0.1, -0.05) is 29.8 Å². The van der Waals surface area contributed by atoms with E-state index in [1.54, 1.807) is 67.0 Å². The zero-order valence-electron chi connectivity index (χ0n) is 19.5. The fourth-order valence-electron chi connectivity index (χ4n) is 4.44. The number of nitrogens with zero attached hydrogens (tertiary/aromatic N) is 3. The number of sulfonamides is 1. The molecular formula is C27H22ClN3O5S. The molecule has 0 bridgehead atoms. The lowest BCUT2D eigenvalue weighted by atomic mass is 9.99. The topological polar surface area (TPSA) is 108 Å². The van der Waals surface area contributed by atoms with Gasteiger partial charge in [0.2, 0.25) is 10.0 Å². The Labute approximate surface area is 218 Å². The monoisotopic (exact) mass is 535 g/mol. The number of halogens is 1. The van der Waals surface area contributed by atoms with Gasteiger partial charge in [-0.2, -0.15) is 4.31 Å². The molecule has 1 saturated heterocycles. The Balaban J connectivity index is 1.33. The highest BCUT2D eigenvalue weighted by atomic mass is 35.5.